The van der Waals surface area contributed by atoms with Gasteiger partial charge in [0.1, 0.15) is 12.6 Å². The number of carbonyl (C=O) groups excluding carboxylic acids is 2. The zero-order valence-electron chi connectivity index (χ0n) is 15.9. The molecule has 13 heteroatoms. The maximum Gasteiger partial charge on any atom is 0.318 e. The number of urea groups is 1. The van der Waals surface area contributed by atoms with Gasteiger partial charge >= 0.3 is 6.03 Å². The number of nitro groups is 1. The summed E-state index contributed by atoms with van der Waals surface area (Å²) in [6, 6.07) is 4.96. The van der Waals surface area contributed by atoms with Crippen molar-refractivity contribution in [3.63, 3.8) is 0 Å². The molecule has 30 heavy (non-hydrogen) atoms. The van der Waals surface area contributed by atoms with Gasteiger partial charge in [0.05, 0.1) is 35.7 Å². The van der Waals surface area contributed by atoms with Crippen LogP contribution in [0, 0.1) is 21.4 Å². The molecule has 0 aliphatic carbocycles. The summed E-state index contributed by atoms with van der Waals surface area (Å²) in [5.74, 6) is -2.31. The topological polar surface area (TPSA) is 172 Å². The van der Waals surface area contributed by atoms with Crippen molar-refractivity contribution in [3.05, 3.63) is 39.9 Å². The Kier molecular flexibility index (Phi) is 8.07. The average Bonchev–Trinajstić information content (AvgIpc) is 2.71. The third kappa shape index (κ3) is 6.68. The van der Waals surface area contributed by atoms with E-state index in [0.717, 1.165) is 0 Å². The number of morpholine rings is 1. The summed E-state index contributed by atoms with van der Waals surface area (Å²) in [7, 11) is -4.04. The number of benzene rings is 1. The highest BCUT2D eigenvalue weighted by atomic mass is 32.2. The molecule has 2 N–H and O–H groups in total. The van der Waals surface area contributed by atoms with E-state index in [4.69, 9.17) is 10.00 Å². The fourth-order valence-electron chi connectivity index (χ4n) is 2.80. The molecule has 1 heterocycles. The number of hydrogen-bond acceptors (Lipinski definition) is 8. The summed E-state index contributed by atoms with van der Waals surface area (Å²) in [5, 5.41) is 24.4. The average molecular weight is 439 g/mol. The molecule has 1 aromatic carbocycles. The number of nitro benzene ring substituents is 1. The molecule has 3 amide bonds. The number of carbonyl (C=O) groups is 2. The van der Waals surface area contributed by atoms with Crippen LogP contribution in [0.4, 0.5) is 10.5 Å². The molecule has 1 atom stereocenters. The van der Waals surface area contributed by atoms with Crippen molar-refractivity contribution in [1.82, 2.24) is 15.5 Å². The minimum Gasteiger partial charge on any atom is -0.378 e. The Bertz CT molecular complexity index is 938. The second-order valence-corrected chi connectivity index (χ2v) is 8.53. The number of sulfone groups is 1. The first-order valence-corrected chi connectivity index (χ1v) is 10.8. The third-order valence-corrected chi connectivity index (χ3v) is 5.83. The minimum atomic E-state index is -4.04. The largest absolute Gasteiger partial charge is 0.378 e. The van der Waals surface area contributed by atoms with E-state index in [9.17, 15) is 28.1 Å². The van der Waals surface area contributed by atoms with Crippen LogP contribution in [0.5, 0.6) is 0 Å². The molecule has 1 aromatic rings. The van der Waals surface area contributed by atoms with Crippen LogP contribution in [-0.2, 0) is 25.1 Å². The fourth-order valence-corrected chi connectivity index (χ4v) is 4.38. The molecular formula is C17H21N5O7S. The second kappa shape index (κ2) is 10.5. The van der Waals surface area contributed by atoms with Crippen molar-refractivity contribution in [2.45, 2.75) is 11.8 Å². The van der Waals surface area contributed by atoms with Crippen molar-refractivity contribution >= 4 is 27.5 Å². The summed E-state index contributed by atoms with van der Waals surface area (Å²) in [6.45, 7) is 0.818. The summed E-state index contributed by atoms with van der Waals surface area (Å²) in [5.41, 5.74) is -0.387. The number of hydrogen-bond donors (Lipinski definition) is 2. The highest BCUT2D eigenvalue weighted by molar-refractivity contribution is 7.90. The predicted molar refractivity (Wildman–Crippen MR) is 104 cm³/mol. The molecule has 1 unspecified atom stereocenters. The van der Waals surface area contributed by atoms with Gasteiger partial charge in [-0.15, -0.1) is 0 Å². The molecule has 12 nitrogen and oxygen atoms in total. The first kappa shape index (κ1) is 23.0. The summed E-state index contributed by atoms with van der Waals surface area (Å²) >= 11 is 0. The number of amides is 3. The highest BCUT2D eigenvalue weighted by Gasteiger charge is 2.30. The standard InChI is InChI=1S/C17H21N5O7S/c18-5-6-19-16(23)14(20-17(24)21-7-9-29-10-8-21)12-30(27,28)11-13-3-1-2-4-15(13)22(25)26/h1-4,14H,6-12H2,(H,19,23)(H,20,24). The highest BCUT2D eigenvalue weighted by Crippen LogP contribution is 2.20. The lowest BCUT2D eigenvalue weighted by Crippen LogP contribution is -2.55. The van der Waals surface area contributed by atoms with Gasteiger partial charge in [0.2, 0.25) is 5.91 Å². The quantitative estimate of drug-likeness (QED) is 0.312. The Morgan fingerprint density at radius 2 is 1.97 bits per heavy atom. The lowest BCUT2D eigenvalue weighted by atomic mass is 10.2. The van der Waals surface area contributed by atoms with Crippen LogP contribution in [0.1, 0.15) is 5.56 Å². The number of rotatable bonds is 8. The van der Waals surface area contributed by atoms with Gasteiger partial charge < -0.3 is 20.3 Å². The SMILES string of the molecule is N#CCNC(=O)C(CS(=O)(=O)Cc1ccccc1[N+](=O)[O-])NC(=O)N1CCOCC1. The Morgan fingerprint density at radius 1 is 1.30 bits per heavy atom. The van der Waals surface area contributed by atoms with E-state index < -0.39 is 44.2 Å². The van der Waals surface area contributed by atoms with Crippen LogP contribution in [0.2, 0.25) is 0 Å². The van der Waals surface area contributed by atoms with Crippen molar-refractivity contribution < 1.29 is 27.7 Å². The van der Waals surface area contributed by atoms with E-state index in [1.165, 1.54) is 29.2 Å². The van der Waals surface area contributed by atoms with Crippen LogP contribution >= 0.6 is 0 Å². The van der Waals surface area contributed by atoms with Crippen LogP contribution in [0.25, 0.3) is 0 Å². The number of ether oxygens (including phenoxy) is 1. The first-order valence-electron chi connectivity index (χ1n) is 8.94. The fraction of sp³-hybridized carbons (Fsp3) is 0.471. The number of nitrogens with one attached hydrogen (secondary N) is 2. The van der Waals surface area contributed by atoms with Crippen molar-refractivity contribution in [2.75, 3.05) is 38.6 Å². The molecule has 2 rings (SSSR count). The van der Waals surface area contributed by atoms with Gasteiger partial charge in [0.15, 0.2) is 9.84 Å². The molecule has 162 valence electrons. The molecular weight excluding hydrogens is 418 g/mol. The normalized spacial score (nSPS) is 15.0. The van der Waals surface area contributed by atoms with Crippen LogP contribution < -0.4 is 10.6 Å². The maximum atomic E-state index is 12.7. The zero-order chi connectivity index (χ0) is 22.1. The molecule has 1 aliphatic rings. The Balaban J connectivity index is 2.17. The molecule has 1 aliphatic heterocycles. The van der Waals surface area contributed by atoms with Gasteiger partial charge in [-0.2, -0.15) is 5.26 Å². The number of para-hydroxylation sites is 1. The summed E-state index contributed by atoms with van der Waals surface area (Å²) < 4.78 is 30.5. The molecule has 1 fully saturated rings. The molecule has 0 spiro atoms. The molecule has 0 radical (unpaired) electrons. The van der Waals surface area contributed by atoms with E-state index in [-0.39, 0.29) is 30.9 Å². The maximum absolute atomic E-state index is 12.7. The second-order valence-electron chi connectivity index (χ2n) is 6.42. The number of nitriles is 1. The summed E-state index contributed by atoms with van der Waals surface area (Å²) in [6.07, 6.45) is 0. The van der Waals surface area contributed by atoms with E-state index in [1.54, 1.807) is 6.07 Å². The van der Waals surface area contributed by atoms with E-state index >= 15 is 0 Å². The van der Waals surface area contributed by atoms with Gasteiger partial charge in [-0.3, -0.25) is 14.9 Å². The first-order chi connectivity index (χ1) is 14.2. The molecule has 0 aromatic heterocycles. The Labute approximate surface area is 172 Å². The third-order valence-electron chi connectivity index (χ3n) is 4.24. The van der Waals surface area contributed by atoms with Crippen molar-refractivity contribution in [2.24, 2.45) is 0 Å². The lowest BCUT2D eigenvalue weighted by molar-refractivity contribution is -0.385. The smallest absolute Gasteiger partial charge is 0.318 e. The monoisotopic (exact) mass is 439 g/mol. The van der Waals surface area contributed by atoms with Gasteiger partial charge in [-0.1, -0.05) is 18.2 Å². The van der Waals surface area contributed by atoms with E-state index in [1.807, 2.05) is 0 Å². The van der Waals surface area contributed by atoms with Crippen molar-refractivity contribution in [1.29, 1.82) is 5.26 Å². The van der Waals surface area contributed by atoms with Gasteiger partial charge in [-0.05, 0) is 0 Å². The van der Waals surface area contributed by atoms with Gasteiger partial charge in [-0.25, -0.2) is 13.2 Å². The van der Waals surface area contributed by atoms with Crippen LogP contribution in [-0.4, -0.2) is 74.8 Å². The Hall–Kier alpha value is -3.24. The van der Waals surface area contributed by atoms with Crippen LogP contribution in [0.15, 0.2) is 24.3 Å². The molecule has 0 saturated carbocycles. The zero-order valence-corrected chi connectivity index (χ0v) is 16.8. The number of nitrogens with zero attached hydrogens (tertiary/aromatic N) is 3. The van der Waals surface area contributed by atoms with Gasteiger partial charge in [0, 0.05) is 24.7 Å². The van der Waals surface area contributed by atoms with Crippen molar-refractivity contribution in [3.8, 4) is 6.07 Å². The van der Waals surface area contributed by atoms with Gasteiger partial charge in [0.25, 0.3) is 5.69 Å². The molecule has 0 bridgehead atoms. The predicted octanol–water partition coefficient (Wildman–Crippen LogP) is -0.440. The molecule has 1 saturated heterocycles. The minimum absolute atomic E-state index is 0.0295. The van der Waals surface area contributed by atoms with E-state index in [2.05, 4.69) is 10.6 Å². The lowest BCUT2D eigenvalue weighted by Gasteiger charge is -2.29. The van der Waals surface area contributed by atoms with Crippen LogP contribution in [0.3, 0.4) is 0 Å². The summed E-state index contributed by atoms with van der Waals surface area (Å²) in [4.78, 5) is 36.5. The van der Waals surface area contributed by atoms with E-state index in [0.29, 0.717) is 13.2 Å². The Morgan fingerprint density at radius 3 is 2.60 bits per heavy atom.